The van der Waals surface area contributed by atoms with Gasteiger partial charge >= 0.3 is 0 Å². The quantitative estimate of drug-likeness (QED) is 0.637. The first-order chi connectivity index (χ1) is 11.3. The molecule has 2 N–H and O–H groups in total. The van der Waals surface area contributed by atoms with Gasteiger partial charge in [0.15, 0.2) is 0 Å². The second-order valence-electron chi connectivity index (χ2n) is 5.59. The van der Waals surface area contributed by atoms with Crippen LogP contribution < -0.4 is 10.6 Å². The van der Waals surface area contributed by atoms with Crippen LogP contribution in [0.1, 0.15) is 15.2 Å². The SMILES string of the molecule is C=Nc1ccc2sc3c(c2c1C)NC[C@@H](COS(C)(=O)=O)NC3=O. The number of benzene rings is 1. The highest BCUT2D eigenvalue weighted by atomic mass is 32.2. The van der Waals surface area contributed by atoms with Crippen molar-refractivity contribution in [3.8, 4) is 0 Å². The molecular weight excluding hydrogens is 350 g/mol. The molecule has 1 aromatic carbocycles. The van der Waals surface area contributed by atoms with E-state index in [0.717, 1.165) is 33.3 Å². The first-order valence-corrected chi connectivity index (χ1v) is 9.85. The van der Waals surface area contributed by atoms with Gasteiger partial charge in [-0.05, 0) is 31.3 Å². The van der Waals surface area contributed by atoms with Gasteiger partial charge < -0.3 is 10.6 Å². The number of nitrogens with one attached hydrogen (secondary N) is 2. The predicted molar refractivity (Wildman–Crippen MR) is 96.3 cm³/mol. The molecule has 0 spiro atoms. The molecule has 0 unspecified atom stereocenters. The first kappa shape index (κ1) is 16.9. The zero-order chi connectivity index (χ0) is 17.5. The molecule has 1 aliphatic heterocycles. The van der Waals surface area contributed by atoms with Gasteiger partial charge in [-0.15, -0.1) is 11.3 Å². The summed E-state index contributed by atoms with van der Waals surface area (Å²) in [6.07, 6.45) is 0.983. The topological polar surface area (TPSA) is 96.9 Å². The third-order valence-corrected chi connectivity index (χ3v) is 5.53. The van der Waals surface area contributed by atoms with Crippen molar-refractivity contribution in [1.82, 2.24) is 5.32 Å². The van der Waals surface area contributed by atoms with Crippen LogP contribution in [0.2, 0.25) is 0 Å². The Morgan fingerprint density at radius 1 is 1.46 bits per heavy atom. The van der Waals surface area contributed by atoms with Crippen LogP contribution in [0.25, 0.3) is 10.1 Å². The molecule has 7 nitrogen and oxygen atoms in total. The van der Waals surface area contributed by atoms with Crippen molar-refractivity contribution in [1.29, 1.82) is 0 Å². The van der Waals surface area contributed by atoms with Gasteiger partial charge in [0.2, 0.25) is 0 Å². The maximum absolute atomic E-state index is 12.5. The monoisotopic (exact) mass is 367 g/mol. The lowest BCUT2D eigenvalue weighted by Gasteiger charge is -2.15. The standard InChI is InChI=1S/C15H17N3O4S2/c1-8-10(16-2)4-5-11-12(8)13-14(23-11)15(19)18-9(6-17-13)7-22-24(3,20)21/h4-5,9,17H,2,6-7H2,1,3H3,(H,18,19)/t9-/m0/s1. The summed E-state index contributed by atoms with van der Waals surface area (Å²) in [5.41, 5.74) is 2.47. The van der Waals surface area contributed by atoms with Crippen LogP contribution in [0.5, 0.6) is 0 Å². The highest BCUT2D eigenvalue weighted by Gasteiger charge is 2.27. The highest BCUT2D eigenvalue weighted by molar-refractivity contribution is 7.85. The number of fused-ring (bicyclic) bond motifs is 3. The number of hydrogen-bond donors (Lipinski definition) is 2. The summed E-state index contributed by atoms with van der Waals surface area (Å²) in [6.45, 7) is 5.76. The number of aryl methyl sites for hydroxylation is 1. The molecule has 0 saturated heterocycles. The van der Waals surface area contributed by atoms with Crippen molar-refractivity contribution in [2.24, 2.45) is 4.99 Å². The molecule has 1 aromatic heterocycles. The summed E-state index contributed by atoms with van der Waals surface area (Å²) in [5, 5.41) is 6.99. The van der Waals surface area contributed by atoms with Crippen molar-refractivity contribution in [2.75, 3.05) is 24.7 Å². The Hall–Kier alpha value is -1.97. The number of anilines is 1. The van der Waals surface area contributed by atoms with Gasteiger partial charge in [-0.2, -0.15) is 8.42 Å². The largest absolute Gasteiger partial charge is 0.381 e. The summed E-state index contributed by atoms with van der Waals surface area (Å²) in [7, 11) is -3.55. The van der Waals surface area contributed by atoms with Crippen LogP contribution in [-0.4, -0.2) is 46.5 Å². The molecule has 0 aliphatic carbocycles. The van der Waals surface area contributed by atoms with Crippen LogP contribution >= 0.6 is 11.3 Å². The van der Waals surface area contributed by atoms with Crippen LogP contribution in [0.3, 0.4) is 0 Å². The molecule has 1 amide bonds. The van der Waals surface area contributed by atoms with Gasteiger partial charge in [0.25, 0.3) is 16.0 Å². The fourth-order valence-electron chi connectivity index (χ4n) is 2.68. The average molecular weight is 367 g/mol. The molecule has 9 heteroatoms. The maximum Gasteiger partial charge on any atom is 0.264 e. The molecule has 0 saturated carbocycles. The van der Waals surface area contributed by atoms with Crippen molar-refractivity contribution in [2.45, 2.75) is 13.0 Å². The van der Waals surface area contributed by atoms with Gasteiger partial charge in [-0.3, -0.25) is 14.0 Å². The molecular formula is C15H17N3O4S2. The zero-order valence-corrected chi connectivity index (χ0v) is 14.9. The Morgan fingerprint density at radius 3 is 2.88 bits per heavy atom. The van der Waals surface area contributed by atoms with E-state index in [1.54, 1.807) is 0 Å². The molecule has 24 heavy (non-hydrogen) atoms. The van der Waals surface area contributed by atoms with E-state index in [2.05, 4.69) is 22.3 Å². The molecule has 2 aromatic rings. The van der Waals surface area contributed by atoms with E-state index in [9.17, 15) is 13.2 Å². The zero-order valence-electron chi connectivity index (χ0n) is 13.3. The van der Waals surface area contributed by atoms with Crippen LogP contribution in [0, 0.1) is 6.92 Å². The molecule has 1 aliphatic rings. The third-order valence-electron chi connectivity index (χ3n) is 3.81. The fraction of sp³-hybridized carbons (Fsp3) is 0.333. The summed E-state index contributed by atoms with van der Waals surface area (Å²) in [5.74, 6) is -0.245. The number of hydrogen-bond acceptors (Lipinski definition) is 7. The van der Waals surface area contributed by atoms with Crippen LogP contribution in [0.15, 0.2) is 17.1 Å². The predicted octanol–water partition coefficient (Wildman–Crippen LogP) is 2.04. The Labute approximate surface area is 143 Å². The second-order valence-corrected chi connectivity index (χ2v) is 8.28. The Kier molecular flexibility index (Phi) is 4.33. The van der Waals surface area contributed by atoms with Crippen molar-refractivity contribution < 1.29 is 17.4 Å². The van der Waals surface area contributed by atoms with Crippen molar-refractivity contribution in [3.05, 3.63) is 22.6 Å². The number of carbonyl (C=O) groups excluding carboxylic acids is 1. The molecule has 3 rings (SSSR count). The van der Waals surface area contributed by atoms with Gasteiger partial charge in [0, 0.05) is 16.6 Å². The molecule has 2 heterocycles. The van der Waals surface area contributed by atoms with Crippen LogP contribution in [-0.2, 0) is 14.3 Å². The number of carbonyl (C=O) groups is 1. The number of nitrogens with zero attached hydrogens (tertiary/aromatic N) is 1. The number of thiophene rings is 1. The van der Waals surface area contributed by atoms with Gasteiger partial charge in [-0.25, -0.2) is 0 Å². The Morgan fingerprint density at radius 2 is 2.21 bits per heavy atom. The molecule has 128 valence electrons. The molecule has 0 fully saturated rings. The lowest BCUT2D eigenvalue weighted by atomic mass is 10.1. The fourth-order valence-corrected chi connectivity index (χ4v) is 4.23. The second kappa shape index (κ2) is 6.15. The summed E-state index contributed by atoms with van der Waals surface area (Å²) in [4.78, 5) is 17.1. The molecule has 0 radical (unpaired) electrons. The lowest BCUT2D eigenvalue weighted by molar-refractivity contribution is 0.0933. The van der Waals surface area contributed by atoms with E-state index < -0.39 is 16.2 Å². The van der Waals surface area contributed by atoms with E-state index in [-0.39, 0.29) is 12.5 Å². The van der Waals surface area contributed by atoms with Crippen molar-refractivity contribution in [3.63, 3.8) is 0 Å². The first-order valence-electron chi connectivity index (χ1n) is 7.22. The van der Waals surface area contributed by atoms with Crippen molar-refractivity contribution >= 4 is 55.5 Å². The summed E-state index contributed by atoms with van der Waals surface area (Å²) >= 11 is 1.38. The van der Waals surface area contributed by atoms with Crippen LogP contribution in [0.4, 0.5) is 11.4 Å². The molecule has 1 atom stereocenters. The van der Waals surface area contributed by atoms with Gasteiger partial charge in [-0.1, -0.05) is 0 Å². The number of amides is 1. The number of rotatable bonds is 4. The maximum atomic E-state index is 12.5. The minimum absolute atomic E-state index is 0.108. The average Bonchev–Trinajstić information content (AvgIpc) is 2.81. The van der Waals surface area contributed by atoms with E-state index in [0.29, 0.717) is 11.4 Å². The minimum atomic E-state index is -3.55. The van der Waals surface area contributed by atoms with E-state index >= 15 is 0 Å². The highest BCUT2D eigenvalue weighted by Crippen LogP contribution is 2.41. The van der Waals surface area contributed by atoms with E-state index in [1.807, 2.05) is 19.1 Å². The smallest absolute Gasteiger partial charge is 0.264 e. The summed E-state index contributed by atoms with van der Waals surface area (Å²) < 4.78 is 28.0. The van der Waals surface area contributed by atoms with E-state index in [1.165, 1.54) is 11.3 Å². The molecule has 0 bridgehead atoms. The van der Waals surface area contributed by atoms with Gasteiger partial charge in [0.05, 0.1) is 30.3 Å². The van der Waals surface area contributed by atoms with Gasteiger partial charge in [0.1, 0.15) is 4.88 Å². The summed E-state index contributed by atoms with van der Waals surface area (Å²) in [6, 6.07) is 3.36. The van der Waals surface area contributed by atoms with E-state index in [4.69, 9.17) is 4.18 Å². The minimum Gasteiger partial charge on any atom is -0.381 e. The Bertz CT molecular complexity index is 934. The number of aliphatic imine (C=N–C) groups is 1. The third kappa shape index (κ3) is 3.14. The normalized spacial score (nSPS) is 17.8. The Balaban J connectivity index is 1.96. The lowest BCUT2D eigenvalue weighted by Crippen LogP contribution is -2.41.